The fraction of sp³-hybridized carbons (Fsp3) is 0.0952. The Bertz CT molecular complexity index is 1120. The molecule has 0 amide bonds. The maximum atomic E-state index is 14.0. The lowest BCUT2D eigenvalue weighted by Crippen LogP contribution is -2.33. The molecule has 7 heteroatoms. The zero-order valence-corrected chi connectivity index (χ0v) is 14.5. The van der Waals surface area contributed by atoms with Crippen molar-refractivity contribution in [3.63, 3.8) is 0 Å². The molecule has 2 heterocycles. The Morgan fingerprint density at radius 2 is 1.71 bits per heavy atom. The minimum absolute atomic E-state index is 0.254. The first-order chi connectivity index (χ1) is 13.4. The summed E-state index contributed by atoms with van der Waals surface area (Å²) in [7, 11) is 0. The number of benzene rings is 2. The molecule has 0 atom stereocenters. The van der Waals surface area contributed by atoms with Gasteiger partial charge in [-0.15, -0.1) is 13.2 Å². The number of aromatic nitrogens is 2. The summed E-state index contributed by atoms with van der Waals surface area (Å²) in [6.45, 7) is 0.469. The average Bonchev–Trinajstić information content (AvgIpc) is 3.05. The first kappa shape index (κ1) is 18.0. The first-order valence-electron chi connectivity index (χ1n) is 8.49. The molecule has 4 aromatic rings. The maximum absolute atomic E-state index is 14.0. The second-order valence-electron chi connectivity index (χ2n) is 6.34. The second-order valence-corrected chi connectivity index (χ2v) is 6.34. The maximum Gasteiger partial charge on any atom is 0.573 e. The Hall–Kier alpha value is -3.35. The molecule has 4 rings (SSSR count). The molecule has 0 bridgehead atoms. The molecule has 0 unspecified atom stereocenters. The molecule has 2 aromatic heterocycles. The van der Waals surface area contributed by atoms with Gasteiger partial charge in [0.2, 0.25) is 0 Å². The molecule has 0 aliphatic heterocycles. The number of alkyl halides is 3. The van der Waals surface area contributed by atoms with Crippen LogP contribution in [0.25, 0.3) is 22.2 Å². The van der Waals surface area contributed by atoms with Gasteiger partial charge in [-0.1, -0.05) is 12.1 Å². The lowest BCUT2D eigenvalue weighted by atomic mass is 10.1. The largest absolute Gasteiger partial charge is 0.573 e. The van der Waals surface area contributed by atoms with Gasteiger partial charge < -0.3 is 9.72 Å². The smallest absolute Gasteiger partial charge is 0.406 e. The zero-order valence-electron chi connectivity index (χ0n) is 14.5. The fourth-order valence-electron chi connectivity index (χ4n) is 3.05. The Kier molecular flexibility index (Phi) is 4.50. The molecule has 0 radical (unpaired) electrons. The quantitative estimate of drug-likeness (QED) is 0.378. The van der Waals surface area contributed by atoms with Gasteiger partial charge in [-0.25, -0.2) is 4.39 Å². The topological polar surface area (TPSA) is 28.9 Å². The van der Waals surface area contributed by atoms with Crippen molar-refractivity contribution in [2.45, 2.75) is 12.9 Å². The normalized spacial score (nSPS) is 11.7. The van der Waals surface area contributed by atoms with E-state index in [-0.39, 0.29) is 11.6 Å². The van der Waals surface area contributed by atoms with E-state index >= 15 is 0 Å². The van der Waals surface area contributed by atoms with Gasteiger partial charge in [-0.05, 0) is 42.5 Å². The minimum Gasteiger partial charge on any atom is -0.406 e. The fourth-order valence-corrected chi connectivity index (χ4v) is 3.05. The highest BCUT2D eigenvalue weighted by Crippen LogP contribution is 2.26. The van der Waals surface area contributed by atoms with Crippen LogP contribution in [0.5, 0.6) is 5.75 Å². The minimum atomic E-state index is -4.70. The number of aromatic amines is 1. The third-order valence-electron chi connectivity index (χ3n) is 4.31. The summed E-state index contributed by atoms with van der Waals surface area (Å²) < 4.78 is 56.5. The van der Waals surface area contributed by atoms with Crippen molar-refractivity contribution in [3.8, 4) is 17.0 Å². The Balaban J connectivity index is 1.56. The summed E-state index contributed by atoms with van der Waals surface area (Å²) in [4.78, 5) is 3.21. The van der Waals surface area contributed by atoms with E-state index in [0.717, 1.165) is 16.5 Å². The highest BCUT2D eigenvalue weighted by Gasteiger charge is 2.31. The van der Waals surface area contributed by atoms with Gasteiger partial charge in [0.25, 0.3) is 0 Å². The van der Waals surface area contributed by atoms with E-state index in [2.05, 4.69) is 9.72 Å². The first-order valence-corrected chi connectivity index (χ1v) is 8.49. The molecule has 0 aliphatic rings. The summed E-state index contributed by atoms with van der Waals surface area (Å²) in [5.41, 5.74) is 2.82. The van der Waals surface area contributed by atoms with E-state index in [9.17, 15) is 17.6 Å². The highest BCUT2D eigenvalue weighted by molar-refractivity contribution is 5.84. The predicted molar refractivity (Wildman–Crippen MR) is 96.1 cm³/mol. The zero-order chi connectivity index (χ0) is 19.7. The number of pyridine rings is 1. The van der Waals surface area contributed by atoms with Crippen LogP contribution in [0.4, 0.5) is 17.6 Å². The van der Waals surface area contributed by atoms with E-state index in [1.807, 2.05) is 29.1 Å². The van der Waals surface area contributed by atoms with Gasteiger partial charge in [0.15, 0.2) is 18.9 Å². The molecule has 2 aromatic carbocycles. The van der Waals surface area contributed by atoms with E-state index < -0.39 is 6.36 Å². The van der Waals surface area contributed by atoms with Gasteiger partial charge in [-0.3, -0.25) is 0 Å². The number of nitrogens with one attached hydrogen (secondary N) is 1. The van der Waals surface area contributed by atoms with Crippen LogP contribution in [0.1, 0.15) is 5.56 Å². The molecule has 1 N–H and O–H groups in total. The van der Waals surface area contributed by atoms with E-state index in [1.54, 1.807) is 30.3 Å². The summed E-state index contributed by atoms with van der Waals surface area (Å²) in [6, 6.07) is 16.0. The van der Waals surface area contributed by atoms with E-state index in [0.29, 0.717) is 17.8 Å². The standard InChI is InChI=1S/C21H14F4N2O/c22-18-4-2-1-3-17(18)19-11-15-9-10-27(13-20(15)26-19)12-14-5-7-16(8-6-14)28-21(23,24)25/h1-11,13H,12H2/p+1. The molecular weight excluding hydrogens is 372 g/mol. The molecule has 0 saturated heterocycles. The molecular formula is C21H15F4N2O+. The van der Waals surface area contributed by atoms with Crippen LogP contribution in [0, 0.1) is 5.82 Å². The number of H-pyrrole nitrogens is 1. The predicted octanol–water partition coefficient (Wildman–Crippen LogP) is 5.21. The number of hydrogen-bond acceptors (Lipinski definition) is 1. The monoisotopic (exact) mass is 387 g/mol. The van der Waals surface area contributed by atoms with Gasteiger partial charge in [-0.2, -0.15) is 4.57 Å². The van der Waals surface area contributed by atoms with E-state index in [1.165, 1.54) is 18.2 Å². The lowest BCUT2D eigenvalue weighted by molar-refractivity contribution is -0.687. The van der Waals surface area contributed by atoms with Crippen molar-refractivity contribution < 1.29 is 26.9 Å². The van der Waals surface area contributed by atoms with Crippen LogP contribution in [0.3, 0.4) is 0 Å². The van der Waals surface area contributed by atoms with Crippen molar-refractivity contribution in [1.29, 1.82) is 0 Å². The summed E-state index contributed by atoms with van der Waals surface area (Å²) in [5, 5.41) is 0.934. The van der Waals surface area contributed by atoms with Crippen molar-refractivity contribution in [2.75, 3.05) is 0 Å². The molecule has 0 aliphatic carbocycles. The highest BCUT2D eigenvalue weighted by atomic mass is 19.4. The van der Waals surface area contributed by atoms with Crippen LogP contribution < -0.4 is 9.30 Å². The summed E-state index contributed by atoms with van der Waals surface area (Å²) in [5.74, 6) is -0.557. The third kappa shape index (κ3) is 3.98. The molecule has 0 spiro atoms. The number of fused-ring (bicyclic) bond motifs is 1. The number of hydrogen-bond donors (Lipinski definition) is 1. The number of rotatable bonds is 4. The van der Waals surface area contributed by atoms with Gasteiger partial charge in [0.05, 0.1) is 0 Å². The molecule has 28 heavy (non-hydrogen) atoms. The molecule has 142 valence electrons. The SMILES string of the molecule is Fc1ccccc1-c1cc2cc[n+](Cc3ccc(OC(F)(F)F)cc3)cc2[nH]1. The molecule has 0 fully saturated rings. The van der Waals surface area contributed by atoms with Crippen LogP contribution in [0.15, 0.2) is 73.1 Å². The van der Waals surface area contributed by atoms with Crippen molar-refractivity contribution in [1.82, 2.24) is 4.98 Å². The Labute approximate surface area is 157 Å². The van der Waals surface area contributed by atoms with Crippen LogP contribution >= 0.6 is 0 Å². The summed E-state index contributed by atoms with van der Waals surface area (Å²) in [6.07, 6.45) is -0.966. The number of nitrogens with zero attached hydrogens (tertiary/aromatic N) is 1. The third-order valence-corrected chi connectivity index (χ3v) is 4.31. The van der Waals surface area contributed by atoms with Crippen LogP contribution in [-0.4, -0.2) is 11.3 Å². The van der Waals surface area contributed by atoms with Gasteiger partial charge >= 0.3 is 6.36 Å². The number of halogens is 4. The second kappa shape index (κ2) is 6.99. The molecule has 0 saturated carbocycles. The van der Waals surface area contributed by atoms with Crippen LogP contribution in [0.2, 0.25) is 0 Å². The number of ether oxygens (including phenoxy) is 1. The van der Waals surface area contributed by atoms with E-state index in [4.69, 9.17) is 0 Å². The van der Waals surface area contributed by atoms with Gasteiger partial charge in [0, 0.05) is 28.3 Å². The average molecular weight is 387 g/mol. The van der Waals surface area contributed by atoms with Crippen LogP contribution in [-0.2, 0) is 6.54 Å². The lowest BCUT2D eigenvalue weighted by Gasteiger charge is -2.08. The Morgan fingerprint density at radius 3 is 2.43 bits per heavy atom. The van der Waals surface area contributed by atoms with Gasteiger partial charge in [0.1, 0.15) is 17.1 Å². The van der Waals surface area contributed by atoms with Crippen molar-refractivity contribution in [2.24, 2.45) is 0 Å². The Morgan fingerprint density at radius 1 is 0.964 bits per heavy atom. The summed E-state index contributed by atoms with van der Waals surface area (Å²) >= 11 is 0. The molecule has 3 nitrogen and oxygen atoms in total. The van der Waals surface area contributed by atoms with Crippen molar-refractivity contribution in [3.05, 3.63) is 84.4 Å². The van der Waals surface area contributed by atoms with Crippen molar-refractivity contribution >= 4 is 10.9 Å².